The molecule has 0 nitrogen and oxygen atoms in total. The molecule has 0 heterocycles. The van der Waals surface area contributed by atoms with Gasteiger partial charge >= 0.3 is 35.8 Å². The third-order valence-corrected chi connectivity index (χ3v) is 4.83. The second kappa shape index (κ2) is 7.38. The van der Waals surface area contributed by atoms with Crippen molar-refractivity contribution in [3.8, 4) is 0 Å². The van der Waals surface area contributed by atoms with Gasteiger partial charge in [-0.15, -0.1) is 0 Å². The van der Waals surface area contributed by atoms with Crippen LogP contribution in [-0.4, -0.2) is 39.7 Å². The summed E-state index contributed by atoms with van der Waals surface area (Å²) in [4.78, 5) is 0. The van der Waals surface area contributed by atoms with Gasteiger partial charge in [-0.25, -0.2) is 0 Å². The van der Waals surface area contributed by atoms with Gasteiger partial charge in [-0.1, -0.05) is 52.9 Å². The second-order valence-corrected chi connectivity index (χ2v) is 7.08. The van der Waals surface area contributed by atoms with Crippen LogP contribution in [0, 0.1) is 0 Å². The van der Waals surface area contributed by atoms with E-state index in [1.54, 1.807) is 0 Å². The van der Waals surface area contributed by atoms with Crippen LogP contribution in [0.3, 0.4) is 0 Å². The molecule has 0 aliphatic rings. The van der Waals surface area contributed by atoms with E-state index >= 15 is 0 Å². The molecule has 0 aromatic heterocycles. The van der Waals surface area contributed by atoms with E-state index in [9.17, 15) is 57.1 Å². The first kappa shape index (κ1) is 25.1. The smallest absolute Gasteiger partial charge is 0.198 e. The van der Waals surface area contributed by atoms with Crippen LogP contribution < -0.4 is 0 Å². The van der Waals surface area contributed by atoms with Gasteiger partial charge in [0.15, 0.2) is 0 Å². The maximum atomic E-state index is 13.9. The molecule has 0 radical (unpaired) electrons. The fourth-order valence-corrected chi connectivity index (χ4v) is 2.83. The maximum Gasteiger partial charge on any atom is 0.460 e. The predicted octanol–water partition coefficient (Wildman–Crippen LogP) is 6.77. The molecule has 1 atom stereocenters. The molecule has 1 aromatic rings. The van der Waals surface area contributed by atoms with Crippen molar-refractivity contribution in [1.29, 1.82) is 0 Å². The van der Waals surface area contributed by atoms with Crippen LogP contribution in [-0.2, 0) is 6.42 Å². The van der Waals surface area contributed by atoms with Crippen LogP contribution in [0.2, 0.25) is 0 Å². The van der Waals surface area contributed by atoms with Gasteiger partial charge in [-0.3, -0.25) is 0 Å². The van der Waals surface area contributed by atoms with Crippen LogP contribution in [0.25, 0.3) is 0 Å². The number of hydrogen-bond acceptors (Lipinski definition) is 0. The maximum absolute atomic E-state index is 13.9. The summed E-state index contributed by atoms with van der Waals surface area (Å²) in [5, 5.41) is 0. The van der Waals surface area contributed by atoms with E-state index in [1.165, 1.54) is 18.2 Å². The molecule has 1 unspecified atom stereocenters. The van der Waals surface area contributed by atoms with Crippen LogP contribution in [0.1, 0.15) is 5.56 Å². The van der Waals surface area contributed by atoms with Crippen LogP contribution in [0.15, 0.2) is 30.3 Å². The van der Waals surface area contributed by atoms with E-state index in [4.69, 9.17) is 0 Å². The summed E-state index contributed by atoms with van der Waals surface area (Å²) < 4.78 is 167. The quantitative estimate of drug-likeness (QED) is 0.200. The molecule has 0 spiro atoms. The lowest BCUT2D eigenvalue weighted by molar-refractivity contribution is -0.439. The van der Waals surface area contributed by atoms with Gasteiger partial charge in [-0.05, 0) is 12.0 Å². The normalized spacial score (nSPS) is 16.2. The van der Waals surface area contributed by atoms with Crippen molar-refractivity contribution in [1.82, 2.24) is 0 Å². The minimum absolute atomic E-state index is 0.131. The molecule has 162 valence electrons. The molecular weight excluding hydrogens is 542 g/mol. The van der Waals surface area contributed by atoms with E-state index in [2.05, 4.69) is 0 Å². The number of benzene rings is 1. The standard InChI is InChI=1S/C14H8F13I/c15-9(16,8(28)6-7-4-2-1-3-5-7)10(17,18)11(19,20)12(21,22)13(23,24)14(25,26)27/h1-5,8H,6H2. The zero-order valence-electron chi connectivity index (χ0n) is 13.0. The van der Waals surface area contributed by atoms with Gasteiger partial charge < -0.3 is 0 Å². The third kappa shape index (κ3) is 3.76. The molecule has 0 saturated heterocycles. The Morgan fingerprint density at radius 1 is 0.607 bits per heavy atom. The molecule has 28 heavy (non-hydrogen) atoms. The first-order valence-corrected chi connectivity index (χ1v) is 8.13. The van der Waals surface area contributed by atoms with Crippen molar-refractivity contribution in [2.75, 3.05) is 0 Å². The first-order valence-electron chi connectivity index (χ1n) is 6.89. The topological polar surface area (TPSA) is 0 Å². The molecule has 14 heteroatoms. The van der Waals surface area contributed by atoms with Crippen molar-refractivity contribution >= 4 is 22.6 Å². The number of alkyl halides is 14. The largest absolute Gasteiger partial charge is 0.460 e. The van der Waals surface area contributed by atoms with E-state index in [0.717, 1.165) is 12.1 Å². The third-order valence-electron chi connectivity index (χ3n) is 3.61. The summed E-state index contributed by atoms with van der Waals surface area (Å²) in [5.41, 5.74) is -0.131. The Balaban J connectivity index is 3.36. The summed E-state index contributed by atoms with van der Waals surface area (Å²) in [6, 6.07) is 6.02. The van der Waals surface area contributed by atoms with Gasteiger partial charge in [0.1, 0.15) is 0 Å². The summed E-state index contributed by atoms with van der Waals surface area (Å²) in [6.07, 6.45) is -8.50. The second-order valence-electron chi connectivity index (χ2n) is 5.58. The molecule has 0 amide bonds. The monoisotopic (exact) mass is 550 g/mol. The molecule has 0 fully saturated rings. The summed E-state index contributed by atoms with van der Waals surface area (Å²) in [5.74, 6) is -36.7. The van der Waals surface area contributed by atoms with Gasteiger partial charge in [0.05, 0.1) is 3.92 Å². The van der Waals surface area contributed by atoms with Gasteiger partial charge in [0.2, 0.25) is 0 Å². The Kier molecular flexibility index (Phi) is 6.61. The molecule has 0 N–H and O–H groups in total. The Morgan fingerprint density at radius 2 is 1.00 bits per heavy atom. The van der Waals surface area contributed by atoms with Crippen LogP contribution in [0.5, 0.6) is 0 Å². The van der Waals surface area contributed by atoms with Crippen LogP contribution in [0.4, 0.5) is 57.1 Å². The lowest BCUT2D eigenvalue weighted by Crippen LogP contribution is -2.71. The van der Waals surface area contributed by atoms with E-state index in [1.807, 2.05) is 0 Å². The average Bonchev–Trinajstić information content (AvgIpc) is 2.53. The molecule has 0 aliphatic carbocycles. The van der Waals surface area contributed by atoms with Crippen molar-refractivity contribution in [3.63, 3.8) is 0 Å². The zero-order valence-corrected chi connectivity index (χ0v) is 15.1. The molecule has 0 saturated carbocycles. The lowest BCUT2D eigenvalue weighted by Gasteiger charge is -2.40. The van der Waals surface area contributed by atoms with E-state index in [-0.39, 0.29) is 5.56 Å². The van der Waals surface area contributed by atoms with Gasteiger partial charge in [-0.2, -0.15) is 57.1 Å². The van der Waals surface area contributed by atoms with Crippen LogP contribution >= 0.6 is 22.6 Å². The summed E-state index contributed by atoms with van der Waals surface area (Å²) in [6.45, 7) is 0. The molecule has 0 bridgehead atoms. The fourth-order valence-electron chi connectivity index (χ4n) is 1.93. The Bertz CT molecular complexity index is 666. The minimum atomic E-state index is -7.87. The molecule has 1 rings (SSSR count). The van der Waals surface area contributed by atoms with Crippen molar-refractivity contribution in [3.05, 3.63) is 35.9 Å². The molecule has 0 aliphatic heterocycles. The molecular formula is C14H8F13I. The fraction of sp³-hybridized carbons (Fsp3) is 0.571. The highest BCUT2D eigenvalue weighted by Gasteiger charge is 2.91. The number of hydrogen-bond donors (Lipinski definition) is 0. The predicted molar refractivity (Wildman–Crippen MR) is 78.7 cm³/mol. The summed E-state index contributed by atoms with van der Waals surface area (Å²) >= 11 is 0.500. The number of rotatable bonds is 7. The number of halogens is 14. The highest BCUT2D eigenvalue weighted by molar-refractivity contribution is 14.1. The SMILES string of the molecule is FC(F)(F)C(F)(F)C(F)(F)C(F)(F)C(F)(F)C(F)(F)C(I)Cc1ccccc1. The Morgan fingerprint density at radius 3 is 1.39 bits per heavy atom. The van der Waals surface area contributed by atoms with Crippen molar-refractivity contribution in [2.45, 2.75) is 46.1 Å². The average molecular weight is 550 g/mol. The highest BCUT2D eigenvalue weighted by atomic mass is 127. The highest BCUT2D eigenvalue weighted by Crippen LogP contribution is 2.61. The van der Waals surface area contributed by atoms with Crippen molar-refractivity contribution in [2.24, 2.45) is 0 Å². The zero-order chi connectivity index (χ0) is 22.4. The van der Waals surface area contributed by atoms with E-state index < -0.39 is 46.1 Å². The Labute approximate surface area is 162 Å². The van der Waals surface area contributed by atoms with Gasteiger partial charge in [0, 0.05) is 0 Å². The minimum Gasteiger partial charge on any atom is -0.198 e. The lowest BCUT2D eigenvalue weighted by atomic mass is 9.91. The van der Waals surface area contributed by atoms with Gasteiger partial charge in [0.25, 0.3) is 0 Å². The molecule has 1 aromatic carbocycles. The Hall–Kier alpha value is -0.960. The first-order chi connectivity index (χ1) is 12.2. The van der Waals surface area contributed by atoms with E-state index in [0.29, 0.717) is 22.6 Å². The van der Waals surface area contributed by atoms with Crippen molar-refractivity contribution < 1.29 is 57.1 Å². The summed E-state index contributed by atoms with van der Waals surface area (Å²) in [7, 11) is 0.